The second-order valence-corrected chi connectivity index (χ2v) is 4.79. The third kappa shape index (κ3) is 3.38. The van der Waals surface area contributed by atoms with Crippen LogP contribution in [0.15, 0.2) is 36.9 Å². The molecule has 0 aliphatic carbocycles. The maximum absolute atomic E-state index is 12.1. The number of hydrogen-bond donors (Lipinski definition) is 1. The van der Waals surface area contributed by atoms with E-state index in [0.717, 1.165) is 0 Å². The van der Waals surface area contributed by atoms with E-state index in [9.17, 15) is 9.59 Å². The Balaban J connectivity index is 1.97. The van der Waals surface area contributed by atoms with Gasteiger partial charge in [0.1, 0.15) is 12.4 Å². The van der Waals surface area contributed by atoms with E-state index in [1.165, 1.54) is 0 Å². The topological polar surface area (TPSA) is 58.6 Å². The van der Waals surface area contributed by atoms with Crippen LogP contribution in [-0.4, -0.2) is 36.9 Å². The molecule has 0 bridgehead atoms. The van der Waals surface area contributed by atoms with Crippen molar-refractivity contribution in [3.05, 3.63) is 36.9 Å². The number of hydrogen-bond acceptors (Lipinski definition) is 3. The summed E-state index contributed by atoms with van der Waals surface area (Å²) in [7, 11) is 1.71. The Labute approximate surface area is 118 Å². The summed E-state index contributed by atoms with van der Waals surface area (Å²) in [6, 6.07) is 7.16. The maximum Gasteiger partial charge on any atom is 0.229 e. The average Bonchev–Trinajstić information content (AvgIpc) is 2.77. The van der Waals surface area contributed by atoms with E-state index in [1.54, 1.807) is 36.2 Å². The number of likely N-dealkylation sites (tertiary alicyclic amines) is 1. The summed E-state index contributed by atoms with van der Waals surface area (Å²) in [5.74, 6) is 0.254. The van der Waals surface area contributed by atoms with Gasteiger partial charge in [-0.2, -0.15) is 0 Å². The van der Waals surface area contributed by atoms with E-state index >= 15 is 0 Å². The molecule has 2 rings (SSSR count). The van der Waals surface area contributed by atoms with Crippen molar-refractivity contribution in [1.29, 1.82) is 0 Å². The molecule has 0 unspecified atom stereocenters. The number of nitrogens with one attached hydrogen (secondary N) is 1. The van der Waals surface area contributed by atoms with Crippen molar-refractivity contribution < 1.29 is 14.3 Å². The fourth-order valence-electron chi connectivity index (χ4n) is 2.10. The molecule has 1 heterocycles. The summed E-state index contributed by atoms with van der Waals surface area (Å²) in [6.07, 6.45) is 1.93. The minimum Gasteiger partial charge on any atom is -0.489 e. The summed E-state index contributed by atoms with van der Waals surface area (Å²) < 4.78 is 5.41. The molecular formula is C15H18N2O3. The van der Waals surface area contributed by atoms with Gasteiger partial charge in [0.15, 0.2) is 0 Å². The molecule has 106 valence electrons. The Bertz CT molecular complexity index is 528. The van der Waals surface area contributed by atoms with Gasteiger partial charge in [-0.1, -0.05) is 18.7 Å². The van der Waals surface area contributed by atoms with Crippen LogP contribution in [0.5, 0.6) is 5.75 Å². The van der Waals surface area contributed by atoms with Crippen LogP contribution in [0.2, 0.25) is 0 Å². The number of ether oxygens (including phenoxy) is 1. The zero-order valence-corrected chi connectivity index (χ0v) is 11.5. The second kappa shape index (κ2) is 6.23. The van der Waals surface area contributed by atoms with E-state index in [4.69, 9.17) is 4.74 Å². The van der Waals surface area contributed by atoms with Crippen molar-refractivity contribution in [3.8, 4) is 5.75 Å². The van der Waals surface area contributed by atoms with Gasteiger partial charge in [0.25, 0.3) is 0 Å². The Morgan fingerprint density at radius 3 is 3.05 bits per heavy atom. The third-order valence-corrected chi connectivity index (χ3v) is 3.18. The lowest BCUT2D eigenvalue weighted by molar-refractivity contribution is -0.127. The van der Waals surface area contributed by atoms with Gasteiger partial charge in [0.05, 0.1) is 5.92 Å². The normalized spacial score (nSPS) is 17.9. The molecular weight excluding hydrogens is 256 g/mol. The van der Waals surface area contributed by atoms with Gasteiger partial charge in [0, 0.05) is 31.8 Å². The Kier molecular flexibility index (Phi) is 4.40. The molecule has 1 aliphatic rings. The van der Waals surface area contributed by atoms with Crippen molar-refractivity contribution in [3.63, 3.8) is 0 Å². The highest BCUT2D eigenvalue weighted by molar-refractivity contribution is 5.97. The lowest BCUT2D eigenvalue weighted by atomic mass is 10.1. The molecule has 0 saturated carbocycles. The zero-order valence-electron chi connectivity index (χ0n) is 11.5. The van der Waals surface area contributed by atoms with Gasteiger partial charge in [-0.15, -0.1) is 0 Å². The summed E-state index contributed by atoms with van der Waals surface area (Å²) in [4.78, 5) is 25.1. The number of amides is 2. The summed E-state index contributed by atoms with van der Waals surface area (Å²) in [5, 5.41) is 2.82. The molecule has 0 aromatic heterocycles. The molecule has 1 N–H and O–H groups in total. The third-order valence-electron chi connectivity index (χ3n) is 3.18. The lowest BCUT2D eigenvalue weighted by Crippen LogP contribution is -2.25. The molecule has 1 fully saturated rings. The maximum atomic E-state index is 12.1. The van der Waals surface area contributed by atoms with E-state index in [-0.39, 0.29) is 24.2 Å². The van der Waals surface area contributed by atoms with Crippen LogP contribution >= 0.6 is 0 Å². The van der Waals surface area contributed by atoms with Gasteiger partial charge in [0.2, 0.25) is 11.8 Å². The highest BCUT2D eigenvalue weighted by Gasteiger charge is 2.32. The summed E-state index contributed by atoms with van der Waals surface area (Å²) in [5.41, 5.74) is 0.665. The predicted octanol–water partition coefficient (Wildman–Crippen LogP) is 1.67. The minimum absolute atomic E-state index is 0.00761. The van der Waals surface area contributed by atoms with E-state index < -0.39 is 0 Å². The van der Waals surface area contributed by atoms with Crippen LogP contribution in [0.3, 0.4) is 0 Å². The first-order valence-corrected chi connectivity index (χ1v) is 6.48. The number of carbonyl (C=O) groups is 2. The SMILES string of the molecule is C=CCOc1cccc(NC(=O)[C@@H]2CC(=O)N(C)C2)c1. The Morgan fingerprint density at radius 1 is 1.60 bits per heavy atom. The molecule has 1 saturated heterocycles. The van der Waals surface area contributed by atoms with Crippen LogP contribution in [0.4, 0.5) is 5.69 Å². The Morgan fingerprint density at radius 2 is 2.40 bits per heavy atom. The van der Waals surface area contributed by atoms with Gasteiger partial charge < -0.3 is 15.0 Å². The Hall–Kier alpha value is -2.30. The van der Waals surface area contributed by atoms with Crippen molar-refractivity contribution in [2.45, 2.75) is 6.42 Å². The van der Waals surface area contributed by atoms with Crippen molar-refractivity contribution in [1.82, 2.24) is 4.90 Å². The van der Waals surface area contributed by atoms with Crippen LogP contribution in [-0.2, 0) is 9.59 Å². The van der Waals surface area contributed by atoms with Crippen LogP contribution in [0, 0.1) is 5.92 Å². The fraction of sp³-hybridized carbons (Fsp3) is 0.333. The number of anilines is 1. The van der Waals surface area contributed by atoms with Crippen LogP contribution in [0.25, 0.3) is 0 Å². The van der Waals surface area contributed by atoms with Gasteiger partial charge >= 0.3 is 0 Å². The molecule has 2 amide bonds. The van der Waals surface area contributed by atoms with Crippen molar-refractivity contribution in [2.75, 3.05) is 25.5 Å². The first kappa shape index (κ1) is 14.1. The first-order chi connectivity index (χ1) is 9.60. The van der Waals surface area contributed by atoms with Crippen LogP contribution < -0.4 is 10.1 Å². The molecule has 5 nitrogen and oxygen atoms in total. The van der Waals surface area contributed by atoms with Crippen molar-refractivity contribution in [2.24, 2.45) is 5.92 Å². The van der Waals surface area contributed by atoms with Crippen LogP contribution in [0.1, 0.15) is 6.42 Å². The van der Waals surface area contributed by atoms with Crippen molar-refractivity contribution >= 4 is 17.5 Å². The lowest BCUT2D eigenvalue weighted by Gasteiger charge is -2.12. The van der Waals surface area contributed by atoms with Gasteiger partial charge in [-0.3, -0.25) is 9.59 Å². The van der Waals surface area contributed by atoms with E-state index in [1.807, 2.05) is 6.07 Å². The van der Waals surface area contributed by atoms with E-state index in [0.29, 0.717) is 24.6 Å². The molecule has 1 aliphatic heterocycles. The molecule has 0 radical (unpaired) electrons. The molecule has 1 atom stereocenters. The molecule has 5 heteroatoms. The smallest absolute Gasteiger partial charge is 0.229 e. The number of nitrogens with zero attached hydrogens (tertiary/aromatic N) is 1. The highest BCUT2D eigenvalue weighted by atomic mass is 16.5. The van der Waals surface area contributed by atoms with E-state index in [2.05, 4.69) is 11.9 Å². The monoisotopic (exact) mass is 274 g/mol. The molecule has 1 aromatic carbocycles. The number of rotatable bonds is 5. The fourth-order valence-corrected chi connectivity index (χ4v) is 2.10. The zero-order chi connectivity index (χ0) is 14.5. The average molecular weight is 274 g/mol. The molecule has 20 heavy (non-hydrogen) atoms. The molecule has 1 aromatic rings. The standard InChI is InChI=1S/C15H18N2O3/c1-3-7-20-13-6-4-5-12(9-13)16-15(19)11-8-14(18)17(2)10-11/h3-6,9,11H,1,7-8,10H2,2H3,(H,16,19)/t11-/m1/s1. The number of carbonyl (C=O) groups excluding carboxylic acids is 2. The largest absolute Gasteiger partial charge is 0.489 e. The van der Waals surface area contributed by atoms with Gasteiger partial charge in [-0.05, 0) is 12.1 Å². The van der Waals surface area contributed by atoms with Gasteiger partial charge in [-0.25, -0.2) is 0 Å². The quantitative estimate of drug-likeness (QED) is 0.831. The predicted molar refractivity (Wildman–Crippen MR) is 76.5 cm³/mol. The summed E-state index contributed by atoms with van der Waals surface area (Å²) >= 11 is 0. The summed E-state index contributed by atoms with van der Waals surface area (Å²) in [6.45, 7) is 4.47. The second-order valence-electron chi connectivity index (χ2n) is 4.79. The number of benzene rings is 1. The minimum atomic E-state index is -0.287. The first-order valence-electron chi connectivity index (χ1n) is 6.48. The molecule has 0 spiro atoms. The highest BCUT2D eigenvalue weighted by Crippen LogP contribution is 2.21.